The molecule has 150 valence electrons. The number of nitrogens with one attached hydrogen (secondary N) is 2. The van der Waals surface area contributed by atoms with Crippen LogP contribution in [-0.2, 0) is 10.0 Å². The lowest BCUT2D eigenvalue weighted by Crippen LogP contribution is -2.45. The van der Waals surface area contributed by atoms with Crippen LogP contribution in [0, 0.1) is 5.41 Å². The molecule has 0 saturated heterocycles. The number of guanidine groups is 1. The summed E-state index contributed by atoms with van der Waals surface area (Å²) in [4.78, 5) is 4.25. The van der Waals surface area contributed by atoms with Gasteiger partial charge in [-0.2, -0.15) is 4.31 Å². The monoisotopic (exact) mass is 514 g/mol. The fourth-order valence-electron chi connectivity index (χ4n) is 3.29. The summed E-state index contributed by atoms with van der Waals surface area (Å²) in [6.07, 6.45) is 6.35. The third kappa shape index (κ3) is 6.07. The Morgan fingerprint density at radius 3 is 2.58 bits per heavy atom. The van der Waals surface area contributed by atoms with Crippen molar-refractivity contribution >= 4 is 51.3 Å². The van der Waals surface area contributed by atoms with Gasteiger partial charge in [-0.25, -0.2) is 8.42 Å². The van der Waals surface area contributed by atoms with Crippen LogP contribution in [0.4, 0.5) is 0 Å². The molecule has 0 amide bonds. The fourth-order valence-corrected chi connectivity index (χ4v) is 5.66. The highest BCUT2D eigenvalue weighted by atomic mass is 127. The topological polar surface area (TPSA) is 73.8 Å². The molecule has 1 heterocycles. The average molecular weight is 514 g/mol. The van der Waals surface area contributed by atoms with Crippen LogP contribution in [0.5, 0.6) is 0 Å². The molecule has 1 fully saturated rings. The van der Waals surface area contributed by atoms with Gasteiger partial charge in [0.15, 0.2) is 5.96 Å². The van der Waals surface area contributed by atoms with Crippen LogP contribution < -0.4 is 10.6 Å². The van der Waals surface area contributed by atoms with E-state index in [1.54, 1.807) is 31.6 Å². The van der Waals surface area contributed by atoms with E-state index in [-0.39, 0.29) is 24.0 Å². The van der Waals surface area contributed by atoms with Crippen molar-refractivity contribution in [3.8, 4) is 0 Å². The molecule has 1 saturated carbocycles. The zero-order valence-corrected chi connectivity index (χ0v) is 19.8. The Morgan fingerprint density at radius 1 is 1.35 bits per heavy atom. The molecule has 2 N–H and O–H groups in total. The van der Waals surface area contributed by atoms with E-state index >= 15 is 0 Å². The van der Waals surface area contributed by atoms with Crippen molar-refractivity contribution in [3.05, 3.63) is 17.5 Å². The quantitative estimate of drug-likeness (QED) is 0.318. The lowest BCUT2D eigenvalue weighted by Gasteiger charge is -2.28. The summed E-state index contributed by atoms with van der Waals surface area (Å²) in [5.74, 6) is 0.738. The van der Waals surface area contributed by atoms with Crippen molar-refractivity contribution in [1.82, 2.24) is 14.9 Å². The van der Waals surface area contributed by atoms with Crippen LogP contribution in [-0.4, -0.2) is 52.4 Å². The van der Waals surface area contributed by atoms with Crippen molar-refractivity contribution in [2.45, 2.75) is 43.2 Å². The second kappa shape index (κ2) is 10.8. The first-order valence-electron chi connectivity index (χ1n) is 8.88. The average Bonchev–Trinajstić information content (AvgIpc) is 3.30. The van der Waals surface area contributed by atoms with E-state index in [0.717, 1.165) is 12.5 Å². The second-order valence-corrected chi connectivity index (χ2v) is 9.89. The summed E-state index contributed by atoms with van der Waals surface area (Å²) in [6.45, 7) is 4.08. The van der Waals surface area contributed by atoms with Gasteiger partial charge in [-0.15, -0.1) is 35.3 Å². The van der Waals surface area contributed by atoms with Gasteiger partial charge in [-0.05, 0) is 36.1 Å². The lowest BCUT2D eigenvalue weighted by atomic mass is 9.83. The summed E-state index contributed by atoms with van der Waals surface area (Å²) in [6, 6.07) is 3.39. The second-order valence-electron chi connectivity index (χ2n) is 6.67. The molecule has 6 nitrogen and oxygen atoms in total. The lowest BCUT2D eigenvalue weighted by molar-refractivity contribution is 0.283. The maximum absolute atomic E-state index is 12.4. The molecule has 0 radical (unpaired) electrons. The van der Waals surface area contributed by atoms with E-state index in [1.807, 2.05) is 0 Å². The minimum absolute atomic E-state index is 0. The van der Waals surface area contributed by atoms with Crippen molar-refractivity contribution in [3.63, 3.8) is 0 Å². The standard InChI is InChI=1S/C17H30N4O2S2.HI/c1-4-17(9-5-6-10-17)14-20-16(18-2)19-11-12-21(3)25(22,23)15-8-7-13-24-15;/h7-8,13H,4-6,9-12,14H2,1-3H3,(H2,18,19,20);1H. The van der Waals surface area contributed by atoms with Crippen LogP contribution in [0.25, 0.3) is 0 Å². The minimum Gasteiger partial charge on any atom is -0.356 e. The van der Waals surface area contributed by atoms with Crippen LogP contribution in [0.3, 0.4) is 0 Å². The molecule has 2 rings (SSSR count). The number of sulfonamides is 1. The molecule has 1 aliphatic rings. The number of nitrogens with zero attached hydrogens (tertiary/aromatic N) is 2. The summed E-state index contributed by atoms with van der Waals surface area (Å²) in [7, 11) is -0.0345. The Labute approximate surface area is 178 Å². The normalized spacial score (nSPS) is 17.2. The number of hydrogen-bond acceptors (Lipinski definition) is 4. The SMILES string of the molecule is CCC1(CNC(=NC)NCCN(C)S(=O)(=O)c2cccs2)CCCC1.I. The van der Waals surface area contributed by atoms with E-state index in [0.29, 0.717) is 22.7 Å². The van der Waals surface area contributed by atoms with Crippen molar-refractivity contribution in [2.75, 3.05) is 33.7 Å². The first kappa shape index (κ1) is 23.6. The maximum atomic E-state index is 12.4. The Kier molecular flexibility index (Phi) is 9.84. The van der Waals surface area contributed by atoms with Gasteiger partial charge >= 0.3 is 0 Å². The maximum Gasteiger partial charge on any atom is 0.252 e. The molecule has 9 heteroatoms. The summed E-state index contributed by atoms with van der Waals surface area (Å²) in [5.41, 5.74) is 0.386. The number of hydrogen-bond donors (Lipinski definition) is 2. The molecule has 1 aromatic heterocycles. The molecule has 0 aromatic carbocycles. The van der Waals surface area contributed by atoms with Crippen LogP contribution in [0.1, 0.15) is 39.0 Å². The molecule has 0 bridgehead atoms. The Balaban J connectivity index is 0.00000338. The van der Waals surface area contributed by atoms with Crippen LogP contribution >= 0.6 is 35.3 Å². The van der Waals surface area contributed by atoms with E-state index in [1.165, 1.54) is 47.7 Å². The van der Waals surface area contributed by atoms with Crippen molar-refractivity contribution in [1.29, 1.82) is 0 Å². The first-order chi connectivity index (χ1) is 11.9. The van der Waals surface area contributed by atoms with Gasteiger partial charge in [-0.3, -0.25) is 4.99 Å². The van der Waals surface area contributed by atoms with E-state index in [9.17, 15) is 8.42 Å². The van der Waals surface area contributed by atoms with E-state index in [2.05, 4.69) is 22.5 Å². The Bertz CT molecular complexity index is 656. The third-order valence-corrected chi connectivity index (χ3v) is 8.38. The largest absolute Gasteiger partial charge is 0.356 e. The zero-order valence-electron chi connectivity index (χ0n) is 15.8. The van der Waals surface area contributed by atoms with Gasteiger partial charge in [0.05, 0.1) is 0 Å². The highest BCUT2D eigenvalue weighted by Crippen LogP contribution is 2.40. The number of thiophene rings is 1. The summed E-state index contributed by atoms with van der Waals surface area (Å²) >= 11 is 1.24. The molecular formula is C17H31IN4O2S2. The van der Waals surface area contributed by atoms with Gasteiger partial charge in [-0.1, -0.05) is 25.8 Å². The molecule has 0 unspecified atom stereocenters. The predicted molar refractivity (Wildman–Crippen MR) is 120 cm³/mol. The smallest absolute Gasteiger partial charge is 0.252 e. The first-order valence-corrected chi connectivity index (χ1v) is 11.2. The molecule has 0 atom stereocenters. The summed E-state index contributed by atoms with van der Waals surface area (Å²) in [5, 5.41) is 8.41. The van der Waals surface area contributed by atoms with Gasteiger partial charge in [0.25, 0.3) is 10.0 Å². The molecule has 0 spiro atoms. The molecule has 1 aromatic rings. The molecule has 1 aliphatic carbocycles. The summed E-state index contributed by atoms with van der Waals surface area (Å²) < 4.78 is 26.5. The third-order valence-electron chi connectivity index (χ3n) is 5.15. The van der Waals surface area contributed by atoms with Gasteiger partial charge < -0.3 is 10.6 Å². The van der Waals surface area contributed by atoms with Crippen LogP contribution in [0.15, 0.2) is 26.7 Å². The highest BCUT2D eigenvalue weighted by molar-refractivity contribution is 14.0. The zero-order chi connectivity index (χ0) is 18.3. The van der Waals surface area contributed by atoms with Gasteiger partial charge in [0.2, 0.25) is 0 Å². The number of rotatable bonds is 8. The fraction of sp³-hybridized carbons (Fsp3) is 0.706. The number of likely N-dealkylation sites (N-methyl/N-ethyl adjacent to an activating group) is 1. The van der Waals surface area contributed by atoms with E-state index in [4.69, 9.17) is 0 Å². The number of halogens is 1. The molecule has 26 heavy (non-hydrogen) atoms. The predicted octanol–water partition coefficient (Wildman–Crippen LogP) is 3.12. The van der Waals surface area contributed by atoms with Crippen molar-refractivity contribution in [2.24, 2.45) is 10.4 Å². The molecule has 0 aliphatic heterocycles. The van der Waals surface area contributed by atoms with Gasteiger partial charge in [0.1, 0.15) is 4.21 Å². The van der Waals surface area contributed by atoms with Crippen molar-refractivity contribution < 1.29 is 8.42 Å². The highest BCUT2D eigenvalue weighted by Gasteiger charge is 2.31. The Morgan fingerprint density at radius 2 is 2.04 bits per heavy atom. The minimum atomic E-state index is -3.39. The van der Waals surface area contributed by atoms with Gasteiger partial charge in [0, 0.05) is 33.7 Å². The molecular weight excluding hydrogens is 483 g/mol. The van der Waals surface area contributed by atoms with E-state index < -0.39 is 10.0 Å². The number of aliphatic imine (C=N–C) groups is 1. The Hall–Kier alpha value is -0.390. The van der Waals surface area contributed by atoms with Crippen LogP contribution in [0.2, 0.25) is 0 Å².